The minimum absolute atomic E-state index is 0.0279. The predicted molar refractivity (Wildman–Crippen MR) is 111 cm³/mol. The summed E-state index contributed by atoms with van der Waals surface area (Å²) in [6, 6.07) is 17.6. The molecule has 2 aromatic carbocycles. The molecular formula is C22H18FN3O2S. The summed E-state index contributed by atoms with van der Waals surface area (Å²) in [6.45, 7) is 0.419. The zero-order valence-electron chi connectivity index (χ0n) is 15.7. The summed E-state index contributed by atoms with van der Waals surface area (Å²) >= 11 is 1.35. The second-order valence-corrected chi connectivity index (χ2v) is 7.49. The standard InChI is InChI=1S/C22H18FN3O2S/c1-26(13-17-5-4-12-28-17)20(27)14-29-22-19-7-3-2-6-18(19)21(24-25-22)15-8-10-16(23)11-9-15/h2-12H,13-14H2,1H3. The van der Waals surface area contributed by atoms with Gasteiger partial charge in [-0.25, -0.2) is 4.39 Å². The van der Waals surface area contributed by atoms with Crippen molar-refractivity contribution in [2.24, 2.45) is 0 Å². The maximum absolute atomic E-state index is 13.3. The van der Waals surface area contributed by atoms with Crippen LogP contribution in [0.4, 0.5) is 4.39 Å². The van der Waals surface area contributed by atoms with Crippen LogP contribution in [0.1, 0.15) is 5.76 Å². The van der Waals surface area contributed by atoms with Crippen molar-refractivity contribution in [2.75, 3.05) is 12.8 Å². The van der Waals surface area contributed by atoms with E-state index in [0.29, 0.717) is 17.3 Å². The molecule has 2 heterocycles. The fraction of sp³-hybridized carbons (Fsp3) is 0.136. The lowest BCUT2D eigenvalue weighted by molar-refractivity contribution is -0.127. The van der Waals surface area contributed by atoms with E-state index in [1.807, 2.05) is 30.3 Å². The average Bonchev–Trinajstić information content (AvgIpc) is 3.25. The van der Waals surface area contributed by atoms with Crippen LogP contribution in [-0.4, -0.2) is 33.8 Å². The Bertz CT molecular complexity index is 1130. The first kappa shape index (κ1) is 19.1. The number of rotatable bonds is 6. The number of nitrogens with zero attached hydrogens (tertiary/aromatic N) is 3. The van der Waals surface area contributed by atoms with Crippen LogP contribution in [0.15, 0.2) is 76.4 Å². The normalized spacial score (nSPS) is 11.0. The third-order valence-electron chi connectivity index (χ3n) is 4.50. The van der Waals surface area contributed by atoms with Gasteiger partial charge in [0.25, 0.3) is 0 Å². The van der Waals surface area contributed by atoms with Crippen LogP contribution in [0.3, 0.4) is 0 Å². The Balaban J connectivity index is 1.55. The minimum Gasteiger partial charge on any atom is -0.467 e. The van der Waals surface area contributed by atoms with E-state index in [-0.39, 0.29) is 17.5 Å². The molecule has 0 N–H and O–H groups in total. The van der Waals surface area contributed by atoms with Gasteiger partial charge in [0.05, 0.1) is 18.6 Å². The van der Waals surface area contributed by atoms with E-state index in [0.717, 1.165) is 22.1 Å². The molecular weight excluding hydrogens is 389 g/mol. The van der Waals surface area contributed by atoms with E-state index in [1.165, 1.54) is 23.9 Å². The molecule has 0 atom stereocenters. The van der Waals surface area contributed by atoms with Crippen molar-refractivity contribution >= 4 is 28.4 Å². The molecule has 0 spiro atoms. The van der Waals surface area contributed by atoms with Crippen molar-refractivity contribution in [3.8, 4) is 11.3 Å². The van der Waals surface area contributed by atoms with E-state index >= 15 is 0 Å². The van der Waals surface area contributed by atoms with Crippen molar-refractivity contribution in [1.29, 1.82) is 0 Å². The number of carbonyl (C=O) groups is 1. The van der Waals surface area contributed by atoms with Gasteiger partial charge in [0, 0.05) is 23.4 Å². The van der Waals surface area contributed by atoms with Gasteiger partial charge in [-0.15, -0.1) is 10.2 Å². The molecule has 0 saturated heterocycles. The number of furan rings is 1. The zero-order valence-corrected chi connectivity index (χ0v) is 16.5. The number of thioether (sulfide) groups is 1. The molecule has 0 aliphatic carbocycles. The average molecular weight is 407 g/mol. The first-order valence-corrected chi connectivity index (χ1v) is 10.0. The summed E-state index contributed by atoms with van der Waals surface area (Å²) in [5, 5.41) is 11.2. The summed E-state index contributed by atoms with van der Waals surface area (Å²) in [4.78, 5) is 14.1. The summed E-state index contributed by atoms with van der Waals surface area (Å²) in [5.74, 6) is 0.654. The quantitative estimate of drug-likeness (QED) is 0.431. The summed E-state index contributed by atoms with van der Waals surface area (Å²) in [5.41, 5.74) is 1.48. The lowest BCUT2D eigenvalue weighted by Crippen LogP contribution is -2.27. The number of halogens is 1. The minimum atomic E-state index is -0.296. The number of hydrogen-bond acceptors (Lipinski definition) is 5. The second kappa shape index (κ2) is 8.45. The van der Waals surface area contributed by atoms with Gasteiger partial charge < -0.3 is 9.32 Å². The lowest BCUT2D eigenvalue weighted by Gasteiger charge is -2.15. The highest BCUT2D eigenvalue weighted by molar-refractivity contribution is 8.00. The van der Waals surface area contributed by atoms with E-state index < -0.39 is 0 Å². The van der Waals surface area contributed by atoms with Gasteiger partial charge in [0.1, 0.15) is 22.3 Å². The Hall–Kier alpha value is -3.19. The molecule has 2 aromatic heterocycles. The molecule has 0 aliphatic rings. The van der Waals surface area contributed by atoms with Crippen LogP contribution in [-0.2, 0) is 11.3 Å². The molecule has 146 valence electrons. The van der Waals surface area contributed by atoms with Gasteiger partial charge in [-0.1, -0.05) is 36.0 Å². The molecule has 0 saturated carbocycles. The van der Waals surface area contributed by atoms with Gasteiger partial charge in [0.2, 0.25) is 5.91 Å². The number of carbonyl (C=O) groups excluding carboxylic acids is 1. The first-order chi connectivity index (χ1) is 14.1. The van der Waals surface area contributed by atoms with Gasteiger partial charge in [-0.05, 0) is 36.4 Å². The largest absolute Gasteiger partial charge is 0.467 e. The van der Waals surface area contributed by atoms with Crippen LogP contribution in [0.25, 0.3) is 22.0 Å². The number of aromatic nitrogens is 2. The van der Waals surface area contributed by atoms with Crippen molar-refractivity contribution in [3.63, 3.8) is 0 Å². The molecule has 4 aromatic rings. The molecule has 1 amide bonds. The van der Waals surface area contributed by atoms with Crippen molar-refractivity contribution in [3.05, 3.63) is 78.5 Å². The SMILES string of the molecule is CN(Cc1ccco1)C(=O)CSc1nnc(-c2ccc(F)cc2)c2ccccc12. The monoisotopic (exact) mass is 407 g/mol. The topological polar surface area (TPSA) is 59.2 Å². The van der Waals surface area contributed by atoms with Crippen LogP contribution in [0.2, 0.25) is 0 Å². The van der Waals surface area contributed by atoms with E-state index in [2.05, 4.69) is 10.2 Å². The van der Waals surface area contributed by atoms with Crippen molar-refractivity contribution < 1.29 is 13.6 Å². The lowest BCUT2D eigenvalue weighted by atomic mass is 10.1. The van der Waals surface area contributed by atoms with Gasteiger partial charge in [-0.2, -0.15) is 0 Å². The molecule has 0 bridgehead atoms. The Morgan fingerprint density at radius 2 is 1.79 bits per heavy atom. The zero-order chi connectivity index (χ0) is 20.2. The van der Waals surface area contributed by atoms with Crippen molar-refractivity contribution in [1.82, 2.24) is 15.1 Å². The van der Waals surface area contributed by atoms with Gasteiger partial charge >= 0.3 is 0 Å². The van der Waals surface area contributed by atoms with Crippen LogP contribution in [0.5, 0.6) is 0 Å². The summed E-state index contributed by atoms with van der Waals surface area (Å²) in [7, 11) is 1.74. The smallest absolute Gasteiger partial charge is 0.233 e. The van der Waals surface area contributed by atoms with E-state index in [4.69, 9.17) is 4.42 Å². The van der Waals surface area contributed by atoms with E-state index in [9.17, 15) is 9.18 Å². The van der Waals surface area contributed by atoms with Gasteiger partial charge in [0.15, 0.2) is 0 Å². The highest BCUT2D eigenvalue weighted by atomic mass is 32.2. The van der Waals surface area contributed by atoms with Gasteiger partial charge in [-0.3, -0.25) is 4.79 Å². The second-order valence-electron chi connectivity index (χ2n) is 6.52. The number of fused-ring (bicyclic) bond motifs is 1. The predicted octanol–water partition coefficient (Wildman–Crippen LogP) is 4.78. The molecule has 0 radical (unpaired) electrons. The maximum Gasteiger partial charge on any atom is 0.233 e. The Labute approximate surface area is 171 Å². The fourth-order valence-electron chi connectivity index (χ4n) is 2.97. The highest BCUT2D eigenvalue weighted by Gasteiger charge is 2.15. The number of benzene rings is 2. The van der Waals surface area contributed by atoms with E-state index in [1.54, 1.807) is 36.4 Å². The Morgan fingerprint density at radius 1 is 1.03 bits per heavy atom. The number of hydrogen-bond donors (Lipinski definition) is 0. The molecule has 29 heavy (non-hydrogen) atoms. The molecule has 0 unspecified atom stereocenters. The molecule has 5 nitrogen and oxygen atoms in total. The van der Waals surface area contributed by atoms with Crippen LogP contribution >= 0.6 is 11.8 Å². The molecule has 4 rings (SSSR count). The summed E-state index contributed by atoms with van der Waals surface area (Å²) in [6.07, 6.45) is 1.59. The first-order valence-electron chi connectivity index (χ1n) is 9.02. The third-order valence-corrected chi connectivity index (χ3v) is 5.47. The van der Waals surface area contributed by atoms with Crippen molar-refractivity contribution in [2.45, 2.75) is 11.6 Å². The summed E-state index contributed by atoms with van der Waals surface area (Å²) < 4.78 is 18.6. The molecule has 0 fully saturated rings. The maximum atomic E-state index is 13.3. The number of amides is 1. The Kier molecular flexibility index (Phi) is 5.57. The molecule has 7 heteroatoms. The third kappa shape index (κ3) is 4.30. The fourth-order valence-corrected chi connectivity index (χ4v) is 3.88. The Morgan fingerprint density at radius 3 is 2.52 bits per heavy atom. The highest BCUT2D eigenvalue weighted by Crippen LogP contribution is 2.31. The van der Waals surface area contributed by atoms with Crippen LogP contribution in [0, 0.1) is 5.82 Å². The molecule has 0 aliphatic heterocycles. The van der Waals surface area contributed by atoms with Crippen LogP contribution < -0.4 is 0 Å².